The Morgan fingerprint density at radius 1 is 1.36 bits per heavy atom. The molecule has 84 valence electrons. The van der Waals surface area contributed by atoms with Crippen molar-refractivity contribution in [1.29, 1.82) is 0 Å². The molecule has 0 spiro atoms. The largest absolute Gasteiger partial charge is 0.381 e. The Balaban J connectivity index is 1.91. The van der Waals surface area contributed by atoms with Gasteiger partial charge in [0.05, 0.1) is 6.61 Å². The molecule has 0 bridgehead atoms. The highest BCUT2D eigenvalue weighted by atomic mass is 16.5. The molecule has 0 aromatic heterocycles. The van der Waals surface area contributed by atoms with E-state index in [1.165, 1.54) is 25.7 Å². The van der Waals surface area contributed by atoms with E-state index < -0.39 is 0 Å². The molecule has 0 radical (unpaired) electrons. The molecule has 14 heavy (non-hydrogen) atoms. The Kier molecular flexibility index (Phi) is 6.20. The van der Waals surface area contributed by atoms with Crippen molar-refractivity contribution in [3.05, 3.63) is 0 Å². The molecule has 1 unspecified atom stereocenters. The molecule has 1 N–H and O–H groups in total. The first-order valence-electron chi connectivity index (χ1n) is 6.11. The van der Waals surface area contributed by atoms with Gasteiger partial charge in [0.1, 0.15) is 0 Å². The summed E-state index contributed by atoms with van der Waals surface area (Å²) in [6.45, 7) is 8.46. The fourth-order valence-corrected chi connectivity index (χ4v) is 2.06. The smallest absolute Gasteiger partial charge is 0.0503 e. The summed E-state index contributed by atoms with van der Waals surface area (Å²) >= 11 is 0. The molecule has 0 aromatic rings. The van der Waals surface area contributed by atoms with Gasteiger partial charge in [0.15, 0.2) is 0 Å². The maximum Gasteiger partial charge on any atom is 0.0503 e. The normalized spacial score (nSPS) is 20.1. The van der Waals surface area contributed by atoms with Gasteiger partial charge in [0.2, 0.25) is 0 Å². The second kappa shape index (κ2) is 7.24. The van der Waals surface area contributed by atoms with E-state index in [2.05, 4.69) is 19.2 Å². The van der Waals surface area contributed by atoms with Gasteiger partial charge in [0.25, 0.3) is 0 Å². The fourth-order valence-electron chi connectivity index (χ4n) is 2.06. The average molecular weight is 199 g/mol. The van der Waals surface area contributed by atoms with Crippen molar-refractivity contribution in [3.63, 3.8) is 0 Å². The molecule has 1 aliphatic rings. The molecule has 1 atom stereocenters. The predicted octanol–water partition coefficient (Wildman–Crippen LogP) is 2.44. The lowest BCUT2D eigenvalue weighted by atomic mass is 10.1. The quantitative estimate of drug-likeness (QED) is 0.680. The summed E-state index contributed by atoms with van der Waals surface area (Å²) in [5.74, 6) is 1.51. The van der Waals surface area contributed by atoms with Gasteiger partial charge < -0.3 is 10.1 Å². The Hall–Kier alpha value is -0.0800. The summed E-state index contributed by atoms with van der Waals surface area (Å²) in [6.07, 6.45) is 5.62. The van der Waals surface area contributed by atoms with E-state index in [1.807, 2.05) is 0 Å². The number of hydrogen-bond donors (Lipinski definition) is 1. The van der Waals surface area contributed by atoms with Crippen molar-refractivity contribution in [3.8, 4) is 0 Å². The minimum atomic E-state index is 0.649. The summed E-state index contributed by atoms with van der Waals surface area (Å²) in [5.41, 5.74) is 0. The number of nitrogens with one attached hydrogen (secondary N) is 1. The van der Waals surface area contributed by atoms with Crippen LogP contribution in [-0.2, 0) is 4.74 Å². The van der Waals surface area contributed by atoms with Gasteiger partial charge in [-0.2, -0.15) is 0 Å². The lowest BCUT2D eigenvalue weighted by Crippen LogP contribution is -2.24. The fraction of sp³-hybridized carbons (Fsp3) is 1.00. The first kappa shape index (κ1) is 12.0. The van der Waals surface area contributed by atoms with Crippen molar-refractivity contribution in [2.45, 2.75) is 39.5 Å². The van der Waals surface area contributed by atoms with Crippen LogP contribution in [-0.4, -0.2) is 26.3 Å². The Morgan fingerprint density at radius 2 is 2.07 bits per heavy atom. The lowest BCUT2D eigenvalue weighted by molar-refractivity contribution is 0.0770. The van der Waals surface area contributed by atoms with E-state index in [9.17, 15) is 0 Å². The van der Waals surface area contributed by atoms with Crippen LogP contribution in [0.15, 0.2) is 0 Å². The highest BCUT2D eigenvalue weighted by Crippen LogP contribution is 2.24. The molecule has 1 rings (SSSR count). The van der Waals surface area contributed by atoms with Gasteiger partial charge >= 0.3 is 0 Å². The molecule has 2 nitrogen and oxygen atoms in total. The van der Waals surface area contributed by atoms with Crippen molar-refractivity contribution in [2.75, 3.05) is 26.3 Å². The van der Waals surface area contributed by atoms with Gasteiger partial charge in [-0.15, -0.1) is 0 Å². The first-order valence-corrected chi connectivity index (χ1v) is 6.11. The maximum atomic E-state index is 5.74. The Labute approximate surface area is 88.4 Å². The molecule has 1 aliphatic carbocycles. The van der Waals surface area contributed by atoms with Crippen LogP contribution in [0.4, 0.5) is 0 Å². The minimum Gasteiger partial charge on any atom is -0.381 e. The van der Waals surface area contributed by atoms with E-state index in [1.54, 1.807) is 0 Å². The molecule has 0 heterocycles. The van der Waals surface area contributed by atoms with Crippen LogP contribution in [0.1, 0.15) is 39.5 Å². The van der Waals surface area contributed by atoms with Crippen LogP contribution in [0.3, 0.4) is 0 Å². The first-order chi connectivity index (χ1) is 6.83. The molecule has 0 amide bonds. The summed E-state index contributed by atoms with van der Waals surface area (Å²) in [4.78, 5) is 0. The van der Waals surface area contributed by atoms with Gasteiger partial charge in [-0.25, -0.2) is 0 Å². The van der Waals surface area contributed by atoms with E-state index in [0.29, 0.717) is 5.92 Å². The van der Waals surface area contributed by atoms with Gasteiger partial charge in [-0.05, 0) is 37.8 Å². The zero-order valence-electron chi connectivity index (χ0n) is 9.72. The Morgan fingerprint density at radius 3 is 2.71 bits per heavy atom. The van der Waals surface area contributed by atoms with Crippen molar-refractivity contribution >= 4 is 0 Å². The van der Waals surface area contributed by atoms with Crippen LogP contribution in [0.25, 0.3) is 0 Å². The van der Waals surface area contributed by atoms with E-state index in [0.717, 1.165) is 32.2 Å². The van der Waals surface area contributed by atoms with Crippen LogP contribution in [0, 0.1) is 11.8 Å². The molecule has 0 aromatic carbocycles. The summed E-state index contributed by atoms with van der Waals surface area (Å²) in [5, 5.41) is 3.35. The zero-order valence-corrected chi connectivity index (χ0v) is 9.72. The molecule has 1 fully saturated rings. The third-order valence-corrected chi connectivity index (χ3v) is 2.97. The van der Waals surface area contributed by atoms with Crippen molar-refractivity contribution in [2.24, 2.45) is 11.8 Å². The van der Waals surface area contributed by atoms with Crippen LogP contribution in [0.5, 0.6) is 0 Å². The SMILES string of the molecule is CCNCC(C)COCC1CCCC1. The molecule has 0 saturated heterocycles. The molecular weight excluding hydrogens is 174 g/mol. The molecular formula is C12H25NO. The topological polar surface area (TPSA) is 21.3 Å². The van der Waals surface area contributed by atoms with Gasteiger partial charge in [-0.1, -0.05) is 26.7 Å². The van der Waals surface area contributed by atoms with E-state index in [4.69, 9.17) is 4.74 Å². The van der Waals surface area contributed by atoms with Crippen molar-refractivity contribution < 1.29 is 4.74 Å². The standard InChI is InChI=1S/C12H25NO/c1-3-13-8-11(2)9-14-10-12-6-4-5-7-12/h11-13H,3-10H2,1-2H3. The summed E-state index contributed by atoms with van der Waals surface area (Å²) in [7, 11) is 0. The number of ether oxygens (including phenoxy) is 1. The summed E-state index contributed by atoms with van der Waals surface area (Å²) in [6, 6.07) is 0. The molecule has 0 aliphatic heterocycles. The van der Waals surface area contributed by atoms with Crippen molar-refractivity contribution in [1.82, 2.24) is 5.32 Å². The molecule has 2 heteroatoms. The van der Waals surface area contributed by atoms with Gasteiger partial charge in [-0.3, -0.25) is 0 Å². The highest BCUT2D eigenvalue weighted by molar-refractivity contribution is 4.66. The summed E-state index contributed by atoms with van der Waals surface area (Å²) < 4.78 is 5.74. The van der Waals surface area contributed by atoms with Crippen LogP contribution < -0.4 is 5.32 Å². The number of rotatable bonds is 7. The van der Waals surface area contributed by atoms with Crippen LogP contribution in [0.2, 0.25) is 0 Å². The predicted molar refractivity (Wildman–Crippen MR) is 60.5 cm³/mol. The van der Waals surface area contributed by atoms with E-state index >= 15 is 0 Å². The van der Waals surface area contributed by atoms with Gasteiger partial charge in [0, 0.05) is 6.61 Å². The Bertz CT molecular complexity index is 132. The average Bonchev–Trinajstić information content (AvgIpc) is 2.67. The monoisotopic (exact) mass is 199 g/mol. The highest BCUT2D eigenvalue weighted by Gasteiger charge is 2.15. The van der Waals surface area contributed by atoms with E-state index in [-0.39, 0.29) is 0 Å². The maximum absolute atomic E-state index is 5.74. The second-order valence-corrected chi connectivity index (χ2v) is 4.60. The third kappa shape index (κ3) is 4.97. The zero-order chi connectivity index (χ0) is 10.2. The number of hydrogen-bond acceptors (Lipinski definition) is 2. The lowest BCUT2D eigenvalue weighted by Gasteiger charge is -2.14. The van der Waals surface area contributed by atoms with Crippen LogP contribution >= 0.6 is 0 Å². The molecule has 1 saturated carbocycles. The second-order valence-electron chi connectivity index (χ2n) is 4.60. The minimum absolute atomic E-state index is 0.649. The third-order valence-electron chi connectivity index (χ3n) is 2.97.